The lowest BCUT2D eigenvalue weighted by molar-refractivity contribution is 0.0926. The highest BCUT2D eigenvalue weighted by Crippen LogP contribution is 2.44. The molecule has 1 aromatic carbocycles. The molecule has 4 heteroatoms. The second-order valence-electron chi connectivity index (χ2n) is 5.67. The number of anilines is 1. The number of carbonyl (C=O) groups is 1. The van der Waals surface area contributed by atoms with Gasteiger partial charge in [0.25, 0.3) is 5.91 Å². The summed E-state index contributed by atoms with van der Waals surface area (Å²) in [6.45, 7) is 0. The maximum Gasteiger partial charge on any atom is 0.251 e. The van der Waals surface area contributed by atoms with Gasteiger partial charge in [-0.15, -0.1) is 0 Å². The molecule has 19 heavy (non-hydrogen) atoms. The first-order valence-electron chi connectivity index (χ1n) is 6.93. The number of rotatable bonds is 5. The summed E-state index contributed by atoms with van der Waals surface area (Å²) in [5, 5.41) is 3.19. The van der Waals surface area contributed by atoms with Crippen molar-refractivity contribution >= 4 is 11.6 Å². The van der Waals surface area contributed by atoms with Gasteiger partial charge in [-0.2, -0.15) is 0 Å². The molecule has 1 amide bonds. The van der Waals surface area contributed by atoms with Gasteiger partial charge in [0.2, 0.25) is 0 Å². The Morgan fingerprint density at radius 1 is 1.26 bits per heavy atom. The molecule has 3 rings (SSSR count). The van der Waals surface area contributed by atoms with Crippen LogP contribution in [0, 0.1) is 11.8 Å². The molecule has 0 spiro atoms. The number of carbonyl (C=O) groups excluding carboxylic acids is 1. The van der Waals surface area contributed by atoms with Crippen molar-refractivity contribution in [2.75, 3.05) is 12.8 Å². The van der Waals surface area contributed by atoms with Gasteiger partial charge in [0.1, 0.15) is 5.75 Å². The first-order valence-corrected chi connectivity index (χ1v) is 6.93. The van der Waals surface area contributed by atoms with E-state index in [9.17, 15) is 4.79 Å². The average Bonchev–Trinajstić information content (AvgIpc) is 3.28. The highest BCUT2D eigenvalue weighted by molar-refractivity contribution is 5.95. The van der Waals surface area contributed by atoms with Crippen LogP contribution in [-0.2, 0) is 0 Å². The zero-order valence-corrected chi connectivity index (χ0v) is 11.2. The number of hydrogen-bond donors (Lipinski definition) is 2. The van der Waals surface area contributed by atoms with E-state index >= 15 is 0 Å². The van der Waals surface area contributed by atoms with E-state index in [0.717, 1.165) is 0 Å². The van der Waals surface area contributed by atoms with E-state index in [1.165, 1.54) is 25.7 Å². The van der Waals surface area contributed by atoms with Crippen molar-refractivity contribution in [3.05, 3.63) is 23.8 Å². The molecule has 0 heterocycles. The Morgan fingerprint density at radius 3 is 2.42 bits per heavy atom. The normalized spacial score (nSPS) is 18.4. The van der Waals surface area contributed by atoms with Crippen LogP contribution < -0.4 is 15.8 Å². The number of nitrogens with one attached hydrogen (secondary N) is 1. The molecule has 0 bridgehead atoms. The second kappa shape index (κ2) is 4.76. The van der Waals surface area contributed by atoms with Crippen LogP contribution >= 0.6 is 0 Å². The fraction of sp³-hybridized carbons (Fsp3) is 0.533. The lowest BCUT2D eigenvalue weighted by Gasteiger charge is -2.18. The molecule has 102 valence electrons. The van der Waals surface area contributed by atoms with Crippen LogP contribution in [0.4, 0.5) is 5.69 Å². The molecular weight excluding hydrogens is 240 g/mol. The molecule has 0 aliphatic heterocycles. The molecule has 4 nitrogen and oxygen atoms in total. The van der Waals surface area contributed by atoms with Gasteiger partial charge in [-0.05, 0) is 49.7 Å². The highest BCUT2D eigenvalue weighted by atomic mass is 16.5. The van der Waals surface area contributed by atoms with Crippen molar-refractivity contribution in [3.8, 4) is 5.75 Å². The van der Waals surface area contributed by atoms with Crippen LogP contribution in [0.5, 0.6) is 5.75 Å². The Morgan fingerprint density at radius 2 is 1.89 bits per heavy atom. The molecule has 1 aromatic rings. The first-order chi connectivity index (χ1) is 9.17. The summed E-state index contributed by atoms with van der Waals surface area (Å²) < 4.78 is 5.15. The fourth-order valence-corrected chi connectivity index (χ4v) is 2.64. The van der Waals surface area contributed by atoms with Crippen LogP contribution in [0.3, 0.4) is 0 Å². The van der Waals surface area contributed by atoms with Crippen molar-refractivity contribution in [1.29, 1.82) is 0 Å². The van der Waals surface area contributed by atoms with Gasteiger partial charge in [-0.3, -0.25) is 4.79 Å². The van der Waals surface area contributed by atoms with Crippen molar-refractivity contribution in [1.82, 2.24) is 5.32 Å². The minimum Gasteiger partial charge on any atom is -0.497 e. The van der Waals surface area contributed by atoms with Gasteiger partial charge in [0, 0.05) is 23.4 Å². The smallest absolute Gasteiger partial charge is 0.251 e. The number of methoxy groups -OCH3 is 1. The average molecular weight is 260 g/mol. The zero-order valence-electron chi connectivity index (χ0n) is 11.2. The predicted molar refractivity (Wildman–Crippen MR) is 74.1 cm³/mol. The minimum atomic E-state index is -0.0330. The van der Waals surface area contributed by atoms with Crippen molar-refractivity contribution < 1.29 is 9.53 Å². The van der Waals surface area contributed by atoms with Crippen molar-refractivity contribution in [3.63, 3.8) is 0 Å². The Hall–Kier alpha value is -1.71. The monoisotopic (exact) mass is 260 g/mol. The summed E-state index contributed by atoms with van der Waals surface area (Å²) in [6.07, 6.45) is 5.01. The fourth-order valence-electron chi connectivity index (χ4n) is 2.64. The molecule has 0 radical (unpaired) electrons. The van der Waals surface area contributed by atoms with Crippen LogP contribution in [0.2, 0.25) is 0 Å². The summed E-state index contributed by atoms with van der Waals surface area (Å²) in [5.41, 5.74) is 6.93. The molecule has 0 aromatic heterocycles. The Balaban J connectivity index is 1.73. The van der Waals surface area contributed by atoms with Crippen LogP contribution in [0.1, 0.15) is 36.0 Å². The largest absolute Gasteiger partial charge is 0.497 e. The third-order valence-corrected chi connectivity index (χ3v) is 3.98. The van der Waals surface area contributed by atoms with Gasteiger partial charge in [0.05, 0.1) is 7.11 Å². The predicted octanol–water partition coefficient (Wildman–Crippen LogP) is 2.20. The SMILES string of the molecule is COc1cc(N)cc(C(=O)NC(C2CC2)C2CC2)c1. The van der Waals surface area contributed by atoms with Gasteiger partial charge in [-0.25, -0.2) is 0 Å². The maximum absolute atomic E-state index is 12.3. The number of benzene rings is 1. The second-order valence-corrected chi connectivity index (χ2v) is 5.67. The van der Waals surface area contributed by atoms with Gasteiger partial charge in [-0.1, -0.05) is 0 Å². The van der Waals surface area contributed by atoms with Crippen molar-refractivity contribution in [2.24, 2.45) is 11.8 Å². The van der Waals surface area contributed by atoms with E-state index < -0.39 is 0 Å². The number of ether oxygens (including phenoxy) is 1. The summed E-state index contributed by atoms with van der Waals surface area (Å²) in [5.74, 6) is 1.98. The summed E-state index contributed by atoms with van der Waals surface area (Å²) in [7, 11) is 1.58. The minimum absolute atomic E-state index is 0.0330. The van der Waals surface area contributed by atoms with Crippen LogP contribution in [-0.4, -0.2) is 19.1 Å². The Labute approximate surface area is 113 Å². The molecular formula is C15H20N2O2. The molecule has 2 saturated carbocycles. The molecule has 0 atom stereocenters. The first kappa shape index (κ1) is 12.3. The van der Waals surface area contributed by atoms with E-state index in [0.29, 0.717) is 34.9 Å². The molecule has 2 aliphatic carbocycles. The summed E-state index contributed by atoms with van der Waals surface area (Å²) >= 11 is 0. The van der Waals surface area contributed by atoms with E-state index in [2.05, 4.69) is 5.32 Å². The number of nitrogens with two attached hydrogens (primary N) is 1. The van der Waals surface area contributed by atoms with E-state index in [1.807, 2.05) is 0 Å². The molecule has 2 aliphatic rings. The van der Waals surface area contributed by atoms with Crippen LogP contribution in [0.15, 0.2) is 18.2 Å². The standard InChI is InChI=1S/C15H20N2O2/c1-19-13-7-11(6-12(16)8-13)15(18)17-14(9-2-3-9)10-4-5-10/h6-10,14H,2-5,16H2,1H3,(H,17,18). The summed E-state index contributed by atoms with van der Waals surface area (Å²) in [4.78, 5) is 12.3. The zero-order chi connectivity index (χ0) is 13.4. The molecule has 0 saturated heterocycles. The highest BCUT2D eigenvalue weighted by Gasteiger charge is 2.42. The number of amides is 1. The van der Waals surface area contributed by atoms with E-state index in [-0.39, 0.29) is 5.91 Å². The quantitative estimate of drug-likeness (QED) is 0.798. The van der Waals surface area contributed by atoms with Crippen LogP contribution in [0.25, 0.3) is 0 Å². The lowest BCUT2D eigenvalue weighted by Crippen LogP contribution is -2.38. The maximum atomic E-state index is 12.3. The van der Waals surface area contributed by atoms with Gasteiger partial charge < -0.3 is 15.8 Å². The molecule has 2 fully saturated rings. The third-order valence-electron chi connectivity index (χ3n) is 3.98. The molecule has 0 unspecified atom stereocenters. The summed E-state index contributed by atoms with van der Waals surface area (Å²) in [6, 6.07) is 5.52. The van der Waals surface area contributed by atoms with Gasteiger partial charge in [0.15, 0.2) is 0 Å². The van der Waals surface area contributed by atoms with E-state index in [4.69, 9.17) is 10.5 Å². The van der Waals surface area contributed by atoms with Crippen molar-refractivity contribution in [2.45, 2.75) is 31.7 Å². The third kappa shape index (κ3) is 2.83. The number of hydrogen-bond acceptors (Lipinski definition) is 3. The molecule has 3 N–H and O–H groups in total. The van der Waals surface area contributed by atoms with E-state index in [1.54, 1.807) is 25.3 Å². The van der Waals surface area contributed by atoms with Gasteiger partial charge >= 0.3 is 0 Å². The number of nitrogen functional groups attached to an aromatic ring is 1. The topological polar surface area (TPSA) is 64.3 Å². The lowest BCUT2D eigenvalue weighted by atomic mass is 10.1. The Bertz CT molecular complexity index is 481. The Kier molecular flexibility index (Phi) is 3.09.